The molecule has 0 saturated carbocycles. The summed E-state index contributed by atoms with van der Waals surface area (Å²) in [6.45, 7) is 5.32. The molecule has 16 heavy (non-hydrogen) atoms. The summed E-state index contributed by atoms with van der Waals surface area (Å²) in [7, 11) is -0.659. The summed E-state index contributed by atoms with van der Waals surface area (Å²) in [6, 6.07) is 4.83. The predicted molar refractivity (Wildman–Crippen MR) is 73.7 cm³/mol. The second-order valence-electron chi connectivity index (χ2n) is 3.96. The van der Waals surface area contributed by atoms with Crippen LogP contribution in [0.15, 0.2) is 12.1 Å². The van der Waals surface area contributed by atoms with Gasteiger partial charge in [0.2, 0.25) is 0 Å². The van der Waals surface area contributed by atoms with E-state index in [1.165, 1.54) is 9.75 Å². The van der Waals surface area contributed by atoms with Crippen molar-refractivity contribution in [1.29, 1.82) is 0 Å². The molecule has 0 aromatic carbocycles. The van der Waals surface area contributed by atoms with Gasteiger partial charge >= 0.3 is 0 Å². The van der Waals surface area contributed by atoms with Crippen LogP contribution in [0.2, 0.25) is 0 Å². The highest BCUT2D eigenvalue weighted by molar-refractivity contribution is 7.84. The van der Waals surface area contributed by atoms with Gasteiger partial charge in [-0.2, -0.15) is 0 Å². The fourth-order valence-corrected chi connectivity index (χ4v) is 3.04. The molecule has 0 spiro atoms. The SMILES string of the molecule is CCc1ccc(C(C)NCCCS(C)=O)s1. The normalized spacial score (nSPS) is 14.9. The number of hydrogen-bond donors (Lipinski definition) is 1. The molecule has 0 aliphatic heterocycles. The van der Waals surface area contributed by atoms with E-state index in [0.717, 1.165) is 25.1 Å². The van der Waals surface area contributed by atoms with Gasteiger partial charge in [-0.1, -0.05) is 6.92 Å². The van der Waals surface area contributed by atoms with Crippen LogP contribution in [-0.4, -0.2) is 22.8 Å². The summed E-state index contributed by atoms with van der Waals surface area (Å²) in [5.41, 5.74) is 0. The second-order valence-corrected chi connectivity index (χ2v) is 6.72. The van der Waals surface area contributed by atoms with Crippen molar-refractivity contribution in [2.75, 3.05) is 18.6 Å². The molecule has 0 radical (unpaired) electrons. The molecule has 2 nitrogen and oxygen atoms in total. The van der Waals surface area contributed by atoms with Crippen LogP contribution in [0, 0.1) is 0 Å². The summed E-state index contributed by atoms with van der Waals surface area (Å²) in [5.74, 6) is 0.796. The summed E-state index contributed by atoms with van der Waals surface area (Å²) >= 11 is 1.88. The number of nitrogens with one attached hydrogen (secondary N) is 1. The van der Waals surface area contributed by atoms with E-state index in [2.05, 4.69) is 31.3 Å². The highest BCUT2D eigenvalue weighted by Crippen LogP contribution is 2.23. The van der Waals surface area contributed by atoms with E-state index in [-0.39, 0.29) is 0 Å². The molecule has 0 aliphatic rings. The molecular weight excluding hydrogens is 238 g/mol. The van der Waals surface area contributed by atoms with Crippen molar-refractivity contribution in [3.63, 3.8) is 0 Å². The smallest absolute Gasteiger partial charge is 0.0386 e. The molecule has 1 rings (SSSR count). The van der Waals surface area contributed by atoms with Gasteiger partial charge in [-0.15, -0.1) is 11.3 Å². The van der Waals surface area contributed by atoms with Crippen molar-refractivity contribution in [3.8, 4) is 0 Å². The average Bonchev–Trinajstić information content (AvgIpc) is 2.72. The Kier molecular flexibility index (Phi) is 6.24. The van der Waals surface area contributed by atoms with Crippen molar-refractivity contribution in [1.82, 2.24) is 5.32 Å². The van der Waals surface area contributed by atoms with Crippen molar-refractivity contribution in [2.45, 2.75) is 32.7 Å². The van der Waals surface area contributed by atoms with Crippen LogP contribution in [0.1, 0.15) is 36.1 Å². The van der Waals surface area contributed by atoms with Crippen LogP contribution in [0.4, 0.5) is 0 Å². The molecule has 1 aromatic rings. The van der Waals surface area contributed by atoms with E-state index < -0.39 is 10.8 Å². The van der Waals surface area contributed by atoms with Crippen molar-refractivity contribution >= 4 is 22.1 Å². The van der Waals surface area contributed by atoms with E-state index in [1.54, 1.807) is 6.26 Å². The van der Waals surface area contributed by atoms with Gasteiger partial charge in [0.05, 0.1) is 0 Å². The van der Waals surface area contributed by atoms with E-state index in [9.17, 15) is 4.21 Å². The lowest BCUT2D eigenvalue weighted by molar-refractivity contribution is 0.578. The molecule has 0 aliphatic carbocycles. The molecule has 0 amide bonds. The zero-order valence-corrected chi connectivity index (χ0v) is 11.9. The van der Waals surface area contributed by atoms with E-state index in [0.29, 0.717) is 6.04 Å². The van der Waals surface area contributed by atoms with Gasteiger partial charge in [0.1, 0.15) is 0 Å². The lowest BCUT2D eigenvalue weighted by Crippen LogP contribution is -2.20. The van der Waals surface area contributed by atoms with Gasteiger partial charge < -0.3 is 5.32 Å². The number of rotatable bonds is 7. The summed E-state index contributed by atoms with van der Waals surface area (Å²) < 4.78 is 10.9. The molecule has 0 fully saturated rings. The van der Waals surface area contributed by atoms with Crippen LogP contribution >= 0.6 is 11.3 Å². The van der Waals surface area contributed by atoms with Gasteiger partial charge in [-0.3, -0.25) is 4.21 Å². The first-order valence-corrected chi connectivity index (χ1v) is 8.30. The minimum Gasteiger partial charge on any atom is -0.309 e. The third kappa shape index (κ3) is 4.76. The Morgan fingerprint density at radius 2 is 2.25 bits per heavy atom. The molecule has 2 atom stereocenters. The Hall–Kier alpha value is -0.190. The quantitative estimate of drug-likeness (QED) is 0.763. The van der Waals surface area contributed by atoms with Gasteiger partial charge in [0.15, 0.2) is 0 Å². The largest absolute Gasteiger partial charge is 0.309 e. The lowest BCUT2D eigenvalue weighted by atomic mass is 10.2. The molecule has 1 aromatic heterocycles. The van der Waals surface area contributed by atoms with Crippen LogP contribution in [0.25, 0.3) is 0 Å². The minimum absolute atomic E-state index is 0.413. The standard InChI is InChI=1S/C12H21NOS2/c1-4-11-6-7-12(15-11)10(2)13-8-5-9-16(3)14/h6-7,10,13H,4-5,8-9H2,1-3H3. The van der Waals surface area contributed by atoms with Crippen molar-refractivity contribution in [3.05, 3.63) is 21.9 Å². The second kappa shape index (κ2) is 7.20. The fourth-order valence-electron chi connectivity index (χ4n) is 1.51. The first-order valence-electron chi connectivity index (χ1n) is 5.75. The maximum absolute atomic E-state index is 10.9. The van der Waals surface area contributed by atoms with Crippen LogP contribution in [-0.2, 0) is 17.2 Å². The fraction of sp³-hybridized carbons (Fsp3) is 0.667. The molecule has 0 saturated heterocycles. The first kappa shape index (κ1) is 13.9. The van der Waals surface area contributed by atoms with Crippen molar-refractivity contribution < 1.29 is 4.21 Å². The molecule has 4 heteroatoms. The van der Waals surface area contributed by atoms with E-state index in [4.69, 9.17) is 0 Å². The molecule has 1 heterocycles. The lowest BCUT2D eigenvalue weighted by Gasteiger charge is -2.11. The molecule has 1 N–H and O–H groups in total. The van der Waals surface area contributed by atoms with Crippen LogP contribution < -0.4 is 5.32 Å². The topological polar surface area (TPSA) is 29.1 Å². The van der Waals surface area contributed by atoms with Gasteiger partial charge in [-0.05, 0) is 38.4 Å². The molecule has 0 bridgehead atoms. The summed E-state index contributed by atoms with van der Waals surface area (Å²) in [4.78, 5) is 2.84. The zero-order valence-electron chi connectivity index (χ0n) is 10.3. The minimum atomic E-state index is -0.659. The van der Waals surface area contributed by atoms with E-state index in [1.807, 2.05) is 11.3 Å². The predicted octanol–water partition coefficient (Wildman–Crippen LogP) is 2.73. The number of hydrogen-bond acceptors (Lipinski definition) is 3. The zero-order chi connectivity index (χ0) is 12.0. The number of thiophene rings is 1. The van der Waals surface area contributed by atoms with Gasteiger partial charge in [-0.25, -0.2) is 0 Å². The van der Waals surface area contributed by atoms with Crippen molar-refractivity contribution in [2.24, 2.45) is 0 Å². The Morgan fingerprint density at radius 1 is 1.50 bits per heavy atom. The molecule has 92 valence electrons. The third-order valence-electron chi connectivity index (χ3n) is 2.52. The maximum atomic E-state index is 10.9. The number of aryl methyl sites for hydroxylation is 1. The summed E-state index contributed by atoms with van der Waals surface area (Å²) in [6.07, 6.45) is 3.86. The van der Waals surface area contributed by atoms with Crippen LogP contribution in [0.3, 0.4) is 0 Å². The molecule has 2 unspecified atom stereocenters. The van der Waals surface area contributed by atoms with Gasteiger partial charge in [0.25, 0.3) is 0 Å². The Labute approximate surface area is 105 Å². The average molecular weight is 259 g/mol. The van der Waals surface area contributed by atoms with Gasteiger partial charge in [0, 0.05) is 38.6 Å². The summed E-state index contributed by atoms with van der Waals surface area (Å²) in [5, 5.41) is 3.47. The Morgan fingerprint density at radius 3 is 2.81 bits per heavy atom. The third-order valence-corrected chi connectivity index (χ3v) is 4.79. The molecular formula is C12H21NOS2. The first-order chi connectivity index (χ1) is 7.63. The van der Waals surface area contributed by atoms with Crippen LogP contribution in [0.5, 0.6) is 0 Å². The highest BCUT2D eigenvalue weighted by atomic mass is 32.2. The highest BCUT2D eigenvalue weighted by Gasteiger charge is 2.07. The Bertz CT molecular complexity index is 336. The monoisotopic (exact) mass is 259 g/mol. The maximum Gasteiger partial charge on any atom is 0.0386 e. The Balaban J connectivity index is 2.29. The van der Waals surface area contributed by atoms with E-state index >= 15 is 0 Å².